The molecule has 1 rings (SSSR count). The van der Waals surface area contributed by atoms with Crippen molar-refractivity contribution in [3.63, 3.8) is 0 Å². The first-order valence-electron chi connectivity index (χ1n) is 4.75. The fraction of sp³-hybridized carbons (Fsp3) is 0.750. The molecule has 0 spiro atoms. The van der Waals surface area contributed by atoms with Crippen LogP contribution >= 0.6 is 0 Å². The predicted molar refractivity (Wildman–Crippen MR) is 53.5 cm³/mol. The second-order valence-electron chi connectivity index (χ2n) is 3.46. The van der Waals surface area contributed by atoms with Gasteiger partial charge >= 0.3 is 7.25 Å². The van der Waals surface area contributed by atoms with Crippen LogP contribution in [0.5, 0.6) is 0 Å². The molecule has 0 bridgehead atoms. The maximum atomic E-state index is 9.75. The molecule has 7 heteroatoms. The molecule has 0 N–H and O–H groups in total. The smallest absolute Gasteiger partial charge is 0.418 e. The Hall–Kier alpha value is -0.875. The van der Waals surface area contributed by atoms with Crippen LogP contribution in [0.3, 0.4) is 0 Å². The van der Waals surface area contributed by atoms with Crippen molar-refractivity contribution in [3.05, 3.63) is 12.4 Å². The third kappa shape index (κ3) is 8.14. The summed E-state index contributed by atoms with van der Waals surface area (Å²) in [5.41, 5.74) is 0. The van der Waals surface area contributed by atoms with Crippen LogP contribution in [0, 0.1) is 0 Å². The van der Waals surface area contributed by atoms with Crippen molar-refractivity contribution in [1.29, 1.82) is 0 Å². The normalized spacial score (nSPS) is 17.5. The van der Waals surface area contributed by atoms with E-state index in [9.17, 15) is 17.3 Å². The van der Waals surface area contributed by atoms with E-state index in [2.05, 4.69) is 43.1 Å². The molecule has 0 aromatic rings. The van der Waals surface area contributed by atoms with Gasteiger partial charge in [-0.25, -0.2) is 0 Å². The van der Waals surface area contributed by atoms with E-state index in [-0.39, 0.29) is 0 Å². The molecular weight excluding hydrogens is 211 g/mol. The molecule has 1 aliphatic rings. The molecule has 0 saturated carbocycles. The largest absolute Gasteiger partial charge is 0.673 e. The van der Waals surface area contributed by atoms with Crippen LogP contribution in [0.4, 0.5) is 17.3 Å². The van der Waals surface area contributed by atoms with Crippen molar-refractivity contribution in [2.24, 2.45) is 0 Å². The molecular formula is C8H16BF4N2-. The fourth-order valence-corrected chi connectivity index (χ4v) is 1.07. The topological polar surface area (TPSA) is 6.48 Å². The quantitative estimate of drug-likeness (QED) is 0.528. The van der Waals surface area contributed by atoms with Gasteiger partial charge in [-0.05, 0) is 13.3 Å². The molecule has 0 fully saturated rings. The molecule has 0 aromatic heterocycles. The highest BCUT2D eigenvalue weighted by molar-refractivity contribution is 6.50. The van der Waals surface area contributed by atoms with Gasteiger partial charge in [-0.15, -0.1) is 0 Å². The van der Waals surface area contributed by atoms with Crippen LogP contribution in [0.2, 0.25) is 0 Å². The maximum Gasteiger partial charge on any atom is 0.673 e. The van der Waals surface area contributed by atoms with E-state index in [0.717, 1.165) is 6.67 Å². The first kappa shape index (κ1) is 14.1. The number of rotatable bonds is 2. The molecule has 0 amide bonds. The second-order valence-corrected chi connectivity index (χ2v) is 3.46. The zero-order valence-corrected chi connectivity index (χ0v) is 9.13. The van der Waals surface area contributed by atoms with Gasteiger partial charge in [-0.3, -0.25) is 0 Å². The lowest BCUT2D eigenvalue weighted by molar-refractivity contribution is 0.237. The van der Waals surface area contributed by atoms with Crippen molar-refractivity contribution in [1.82, 2.24) is 9.80 Å². The minimum absolute atomic E-state index is 0.682. The molecule has 0 radical (unpaired) electrons. The summed E-state index contributed by atoms with van der Waals surface area (Å²) >= 11 is 0. The van der Waals surface area contributed by atoms with Crippen molar-refractivity contribution in [3.8, 4) is 0 Å². The standard InChI is InChI=1S/C8H16N2.BF4/c1-4-8(2)10-6-5-9(3)7-10;2-1(3,4)5/h5-6,8H,4,7H2,1-3H3;/q;-1. The molecule has 90 valence electrons. The number of nitrogens with zero attached hydrogens (tertiary/aromatic N) is 2. The lowest BCUT2D eigenvalue weighted by atomic mass is 10.2. The molecule has 1 unspecified atom stereocenters. The van der Waals surface area contributed by atoms with E-state index in [1.165, 1.54) is 6.42 Å². The lowest BCUT2D eigenvalue weighted by Crippen LogP contribution is -2.29. The molecule has 2 nitrogen and oxygen atoms in total. The van der Waals surface area contributed by atoms with Crippen LogP contribution in [0.1, 0.15) is 20.3 Å². The lowest BCUT2D eigenvalue weighted by Gasteiger charge is -2.24. The Morgan fingerprint density at radius 3 is 2.00 bits per heavy atom. The number of hydrogen-bond acceptors (Lipinski definition) is 2. The summed E-state index contributed by atoms with van der Waals surface area (Å²) in [5.74, 6) is 0. The number of halogens is 4. The molecule has 1 atom stereocenters. The summed E-state index contributed by atoms with van der Waals surface area (Å²) < 4.78 is 39.0. The zero-order chi connectivity index (χ0) is 12.1. The Bertz CT molecular complexity index is 201. The van der Waals surface area contributed by atoms with Crippen LogP contribution in [-0.4, -0.2) is 36.8 Å². The summed E-state index contributed by atoms with van der Waals surface area (Å²) in [6, 6.07) is 0.682. The van der Waals surface area contributed by atoms with Gasteiger partial charge < -0.3 is 27.1 Å². The van der Waals surface area contributed by atoms with E-state index in [1.54, 1.807) is 0 Å². The van der Waals surface area contributed by atoms with Crippen molar-refractivity contribution >= 4 is 7.25 Å². The highest BCUT2D eigenvalue weighted by Gasteiger charge is 2.20. The van der Waals surface area contributed by atoms with E-state index < -0.39 is 7.25 Å². The Balaban J connectivity index is 0.000000336. The van der Waals surface area contributed by atoms with E-state index in [4.69, 9.17) is 0 Å². The number of hydrogen-bond donors (Lipinski definition) is 0. The van der Waals surface area contributed by atoms with Gasteiger partial charge in [0.1, 0.15) is 0 Å². The highest BCUT2D eigenvalue weighted by atomic mass is 19.5. The molecule has 0 aromatic carbocycles. The molecule has 0 aliphatic carbocycles. The summed E-state index contributed by atoms with van der Waals surface area (Å²) in [5, 5.41) is 0. The van der Waals surface area contributed by atoms with Crippen LogP contribution in [0.25, 0.3) is 0 Å². The molecule has 1 heterocycles. The first-order chi connectivity index (χ1) is 6.74. The summed E-state index contributed by atoms with van der Waals surface area (Å²) in [7, 11) is -3.90. The third-order valence-electron chi connectivity index (χ3n) is 2.06. The van der Waals surface area contributed by atoms with Gasteiger partial charge in [0.15, 0.2) is 0 Å². The zero-order valence-electron chi connectivity index (χ0n) is 9.13. The Morgan fingerprint density at radius 1 is 1.27 bits per heavy atom. The summed E-state index contributed by atoms with van der Waals surface area (Å²) in [6.45, 7) is 5.52. The predicted octanol–water partition coefficient (Wildman–Crippen LogP) is 2.76. The van der Waals surface area contributed by atoms with Crippen LogP contribution in [0.15, 0.2) is 12.4 Å². The molecule has 15 heavy (non-hydrogen) atoms. The summed E-state index contributed by atoms with van der Waals surface area (Å²) in [6.07, 6.45) is 5.50. The maximum absolute atomic E-state index is 9.75. The van der Waals surface area contributed by atoms with Gasteiger partial charge in [0, 0.05) is 25.5 Å². The van der Waals surface area contributed by atoms with Gasteiger partial charge in [-0.1, -0.05) is 6.92 Å². The van der Waals surface area contributed by atoms with Gasteiger partial charge in [0.25, 0.3) is 0 Å². The minimum Gasteiger partial charge on any atom is -0.418 e. The van der Waals surface area contributed by atoms with Gasteiger partial charge in [0.2, 0.25) is 0 Å². The van der Waals surface area contributed by atoms with Crippen molar-refractivity contribution in [2.75, 3.05) is 13.7 Å². The van der Waals surface area contributed by atoms with E-state index in [0.29, 0.717) is 6.04 Å². The van der Waals surface area contributed by atoms with Crippen molar-refractivity contribution in [2.45, 2.75) is 26.3 Å². The second kappa shape index (κ2) is 5.87. The molecule has 0 saturated heterocycles. The summed E-state index contributed by atoms with van der Waals surface area (Å²) in [4.78, 5) is 4.53. The average molecular weight is 227 g/mol. The monoisotopic (exact) mass is 227 g/mol. The van der Waals surface area contributed by atoms with E-state index in [1.807, 2.05) is 0 Å². The third-order valence-corrected chi connectivity index (χ3v) is 2.06. The fourth-order valence-electron chi connectivity index (χ4n) is 1.07. The van der Waals surface area contributed by atoms with Crippen LogP contribution in [-0.2, 0) is 0 Å². The van der Waals surface area contributed by atoms with Crippen molar-refractivity contribution < 1.29 is 17.3 Å². The first-order valence-corrected chi connectivity index (χ1v) is 4.75. The average Bonchev–Trinajstić information content (AvgIpc) is 2.47. The highest BCUT2D eigenvalue weighted by Crippen LogP contribution is 2.10. The van der Waals surface area contributed by atoms with Crippen LogP contribution < -0.4 is 0 Å². The van der Waals surface area contributed by atoms with E-state index >= 15 is 0 Å². The molecule has 1 aliphatic heterocycles. The van der Waals surface area contributed by atoms with Gasteiger partial charge in [0.05, 0.1) is 6.67 Å². The Kier molecular flexibility index (Phi) is 5.53. The SMILES string of the molecule is CCC(C)N1C=CN(C)C1.F[B-](F)(F)F. The van der Waals surface area contributed by atoms with Gasteiger partial charge in [-0.2, -0.15) is 0 Å². The Labute approximate surface area is 87.6 Å². The minimum atomic E-state index is -6.00. The Morgan fingerprint density at radius 2 is 1.73 bits per heavy atom.